The number of rotatable bonds is 0. The zero-order valence-corrected chi connectivity index (χ0v) is 5.44. The lowest BCUT2D eigenvalue weighted by Gasteiger charge is -1.72. The van der Waals surface area contributed by atoms with E-state index < -0.39 is 0 Å². The molecule has 2 nitrogen and oxygen atoms in total. The number of hydrogen-bond donors (Lipinski definition) is 1. The standard InChI is InChI=1S/C6H5ClN2/c7-3-1-2-6-4-8-5-9-6/h4-5H,3H2,(H,8,9). The van der Waals surface area contributed by atoms with Crippen LogP contribution >= 0.6 is 11.6 Å². The highest BCUT2D eigenvalue weighted by Crippen LogP contribution is 1.84. The molecule has 0 radical (unpaired) electrons. The Morgan fingerprint density at radius 2 is 2.67 bits per heavy atom. The van der Waals surface area contributed by atoms with E-state index in [1.165, 1.54) is 0 Å². The Balaban J connectivity index is 2.67. The van der Waals surface area contributed by atoms with Crippen LogP contribution in [0.5, 0.6) is 0 Å². The number of imidazole rings is 1. The molecule has 0 unspecified atom stereocenters. The Kier molecular flexibility index (Phi) is 2.17. The largest absolute Gasteiger partial charge is 0.338 e. The number of halogens is 1. The Labute approximate surface area is 58.3 Å². The molecule has 0 aliphatic carbocycles. The summed E-state index contributed by atoms with van der Waals surface area (Å²) in [5.41, 5.74) is 0.802. The lowest BCUT2D eigenvalue weighted by Crippen LogP contribution is -1.69. The normalized spacial score (nSPS) is 8.11. The number of alkyl halides is 1. The first-order valence-corrected chi connectivity index (χ1v) is 3.00. The Morgan fingerprint density at radius 3 is 3.22 bits per heavy atom. The topological polar surface area (TPSA) is 28.7 Å². The molecule has 46 valence electrons. The molecule has 0 amide bonds. The number of hydrogen-bond acceptors (Lipinski definition) is 1. The fourth-order valence-corrected chi connectivity index (χ4v) is 0.520. The second-order valence-corrected chi connectivity index (χ2v) is 1.67. The minimum atomic E-state index is 0.360. The summed E-state index contributed by atoms with van der Waals surface area (Å²) in [6.45, 7) is 0. The first kappa shape index (κ1) is 6.18. The molecule has 0 aromatic carbocycles. The summed E-state index contributed by atoms with van der Waals surface area (Å²) in [4.78, 5) is 6.60. The summed E-state index contributed by atoms with van der Waals surface area (Å²) in [6.07, 6.45) is 3.23. The molecule has 0 bridgehead atoms. The monoisotopic (exact) mass is 140 g/mol. The van der Waals surface area contributed by atoms with Gasteiger partial charge in [0.1, 0.15) is 5.69 Å². The predicted octanol–water partition coefficient (Wildman–Crippen LogP) is 1.000. The molecule has 1 aromatic heterocycles. The van der Waals surface area contributed by atoms with E-state index in [9.17, 15) is 0 Å². The fourth-order valence-electron chi connectivity index (χ4n) is 0.453. The number of aromatic nitrogens is 2. The molecule has 1 rings (SSSR count). The van der Waals surface area contributed by atoms with E-state index in [0.717, 1.165) is 5.69 Å². The first-order valence-electron chi connectivity index (χ1n) is 2.46. The zero-order chi connectivity index (χ0) is 6.53. The van der Waals surface area contributed by atoms with Crippen LogP contribution in [0.2, 0.25) is 0 Å². The fraction of sp³-hybridized carbons (Fsp3) is 0.167. The van der Waals surface area contributed by atoms with Crippen LogP contribution in [0.15, 0.2) is 12.5 Å². The van der Waals surface area contributed by atoms with Crippen LogP contribution in [-0.4, -0.2) is 15.8 Å². The first-order chi connectivity index (χ1) is 4.43. The van der Waals surface area contributed by atoms with Gasteiger partial charge >= 0.3 is 0 Å². The molecule has 9 heavy (non-hydrogen) atoms. The molecule has 0 saturated heterocycles. The summed E-state index contributed by atoms with van der Waals surface area (Å²) in [7, 11) is 0. The smallest absolute Gasteiger partial charge is 0.109 e. The molecule has 0 spiro atoms. The van der Waals surface area contributed by atoms with Crippen LogP contribution in [0.3, 0.4) is 0 Å². The van der Waals surface area contributed by atoms with Crippen LogP contribution in [0.25, 0.3) is 0 Å². The van der Waals surface area contributed by atoms with E-state index in [2.05, 4.69) is 21.8 Å². The highest BCUT2D eigenvalue weighted by molar-refractivity contribution is 6.19. The molecule has 3 heteroatoms. The summed E-state index contributed by atoms with van der Waals surface area (Å²) in [5.74, 6) is 5.83. The predicted molar refractivity (Wildman–Crippen MR) is 36.2 cm³/mol. The van der Waals surface area contributed by atoms with Gasteiger partial charge in [0.05, 0.1) is 18.4 Å². The van der Waals surface area contributed by atoms with Crippen LogP contribution < -0.4 is 0 Å². The van der Waals surface area contributed by atoms with Gasteiger partial charge in [-0.2, -0.15) is 0 Å². The van der Waals surface area contributed by atoms with Crippen molar-refractivity contribution in [1.29, 1.82) is 0 Å². The maximum absolute atomic E-state index is 5.31. The Bertz CT molecular complexity index is 217. The number of nitrogens with one attached hydrogen (secondary N) is 1. The third kappa shape index (κ3) is 1.79. The third-order valence-corrected chi connectivity index (χ3v) is 0.922. The van der Waals surface area contributed by atoms with Gasteiger partial charge < -0.3 is 4.98 Å². The van der Waals surface area contributed by atoms with E-state index in [-0.39, 0.29) is 0 Å². The average Bonchev–Trinajstić information content (AvgIpc) is 2.34. The van der Waals surface area contributed by atoms with Crippen molar-refractivity contribution in [3.63, 3.8) is 0 Å². The van der Waals surface area contributed by atoms with Gasteiger partial charge in [0.15, 0.2) is 0 Å². The van der Waals surface area contributed by atoms with Crippen LogP contribution in [0.1, 0.15) is 5.69 Å². The number of aromatic amines is 1. The Morgan fingerprint density at radius 1 is 1.78 bits per heavy atom. The van der Waals surface area contributed by atoms with Gasteiger partial charge in [0.2, 0.25) is 0 Å². The summed E-state index contributed by atoms with van der Waals surface area (Å²) >= 11 is 5.31. The van der Waals surface area contributed by atoms with Gasteiger partial charge in [-0.3, -0.25) is 0 Å². The van der Waals surface area contributed by atoms with E-state index in [1.54, 1.807) is 12.5 Å². The minimum Gasteiger partial charge on any atom is -0.338 e. The molecule has 0 saturated carbocycles. The summed E-state index contributed by atoms with van der Waals surface area (Å²) in [6, 6.07) is 0. The minimum absolute atomic E-state index is 0.360. The molecule has 0 fully saturated rings. The van der Waals surface area contributed by atoms with Gasteiger partial charge in [-0.15, -0.1) is 11.6 Å². The zero-order valence-electron chi connectivity index (χ0n) is 4.69. The van der Waals surface area contributed by atoms with Crippen molar-refractivity contribution in [3.8, 4) is 11.8 Å². The van der Waals surface area contributed by atoms with Gasteiger partial charge in [-0.1, -0.05) is 5.92 Å². The van der Waals surface area contributed by atoms with Crippen LogP contribution in [0.4, 0.5) is 0 Å². The molecule has 0 aliphatic rings. The summed E-state index contributed by atoms with van der Waals surface area (Å²) in [5, 5.41) is 0. The van der Waals surface area contributed by atoms with Gasteiger partial charge in [0, 0.05) is 0 Å². The van der Waals surface area contributed by atoms with Crippen molar-refractivity contribution in [1.82, 2.24) is 9.97 Å². The van der Waals surface area contributed by atoms with Crippen LogP contribution in [0, 0.1) is 11.8 Å². The van der Waals surface area contributed by atoms with Gasteiger partial charge in [-0.05, 0) is 5.92 Å². The molecular weight excluding hydrogens is 136 g/mol. The van der Waals surface area contributed by atoms with E-state index in [0.29, 0.717) is 5.88 Å². The lowest BCUT2D eigenvalue weighted by molar-refractivity contribution is 1.30. The van der Waals surface area contributed by atoms with Crippen molar-refractivity contribution in [2.45, 2.75) is 0 Å². The molecule has 1 aromatic rings. The van der Waals surface area contributed by atoms with Crippen molar-refractivity contribution in [2.24, 2.45) is 0 Å². The summed E-state index contributed by atoms with van der Waals surface area (Å²) < 4.78 is 0. The molecular formula is C6H5ClN2. The second kappa shape index (κ2) is 3.16. The van der Waals surface area contributed by atoms with Crippen molar-refractivity contribution in [3.05, 3.63) is 18.2 Å². The third-order valence-electron chi connectivity index (χ3n) is 0.788. The maximum Gasteiger partial charge on any atom is 0.109 e. The molecule has 1 heterocycles. The van der Waals surface area contributed by atoms with Gasteiger partial charge in [-0.25, -0.2) is 4.98 Å². The molecule has 1 N–H and O–H groups in total. The maximum atomic E-state index is 5.31. The van der Waals surface area contributed by atoms with Crippen LogP contribution in [-0.2, 0) is 0 Å². The number of H-pyrrole nitrogens is 1. The highest BCUT2D eigenvalue weighted by Gasteiger charge is 1.80. The molecule has 0 atom stereocenters. The lowest BCUT2D eigenvalue weighted by atomic mass is 10.5. The Hall–Kier alpha value is -0.940. The number of nitrogens with zero attached hydrogens (tertiary/aromatic N) is 1. The van der Waals surface area contributed by atoms with Crippen molar-refractivity contribution >= 4 is 11.6 Å². The highest BCUT2D eigenvalue weighted by atomic mass is 35.5. The SMILES string of the molecule is ClCC#Cc1cnc[nH]1. The molecule has 0 aliphatic heterocycles. The van der Waals surface area contributed by atoms with E-state index in [1.807, 2.05) is 0 Å². The van der Waals surface area contributed by atoms with Crippen molar-refractivity contribution in [2.75, 3.05) is 5.88 Å². The second-order valence-electron chi connectivity index (χ2n) is 1.40. The quantitative estimate of drug-likeness (QED) is 0.423. The average molecular weight is 141 g/mol. The van der Waals surface area contributed by atoms with Crippen molar-refractivity contribution < 1.29 is 0 Å². The van der Waals surface area contributed by atoms with E-state index >= 15 is 0 Å². The van der Waals surface area contributed by atoms with Gasteiger partial charge in [0.25, 0.3) is 0 Å². The van der Waals surface area contributed by atoms with E-state index in [4.69, 9.17) is 11.6 Å².